The molecule has 1 heterocycles. The highest BCUT2D eigenvalue weighted by atomic mass is 35.5. The van der Waals surface area contributed by atoms with E-state index < -0.39 is 0 Å². The molecule has 5 heteroatoms. The van der Waals surface area contributed by atoms with Crippen molar-refractivity contribution in [2.75, 3.05) is 20.1 Å². The summed E-state index contributed by atoms with van der Waals surface area (Å²) in [5.74, 6) is 1.03. The number of fused-ring (bicyclic) bond motifs is 1. The maximum atomic E-state index is 12.3. The third-order valence-corrected chi connectivity index (χ3v) is 3.97. The molecule has 23 heavy (non-hydrogen) atoms. The molecule has 0 aliphatic rings. The molecule has 0 fully saturated rings. The molecule has 0 saturated heterocycles. The summed E-state index contributed by atoms with van der Waals surface area (Å²) in [4.78, 5) is 12.3. The van der Waals surface area contributed by atoms with E-state index in [2.05, 4.69) is 0 Å². The minimum absolute atomic E-state index is 0.0720. The van der Waals surface area contributed by atoms with E-state index in [0.29, 0.717) is 17.2 Å². The van der Waals surface area contributed by atoms with Crippen LogP contribution in [0.3, 0.4) is 0 Å². The molecule has 0 amide bonds. The highest BCUT2D eigenvalue weighted by Gasteiger charge is 2.18. The van der Waals surface area contributed by atoms with Gasteiger partial charge in [0.15, 0.2) is 17.3 Å². The molecular weight excluding hydrogens is 314 g/mol. The number of nitrogens with zero attached hydrogens (tertiary/aromatic N) is 1. The molecule has 3 aromatic rings. The van der Waals surface area contributed by atoms with Crippen LogP contribution in [0.15, 0.2) is 48.5 Å². The molecule has 0 aliphatic carbocycles. The highest BCUT2D eigenvalue weighted by Crippen LogP contribution is 2.35. The molecule has 118 valence electrons. The van der Waals surface area contributed by atoms with Crippen LogP contribution in [-0.4, -0.2) is 30.4 Å². The van der Waals surface area contributed by atoms with Crippen LogP contribution in [0.1, 0.15) is 10.5 Å². The molecule has 0 N–H and O–H groups in total. The lowest BCUT2D eigenvalue weighted by molar-refractivity contribution is 0.101. The summed E-state index contributed by atoms with van der Waals surface area (Å²) < 4.78 is 12.6. The highest BCUT2D eigenvalue weighted by molar-refractivity contribution is 6.30. The number of aromatic nitrogens is 1. The molecule has 4 nitrogen and oxygen atoms in total. The first-order valence-electron chi connectivity index (χ1n) is 7.11. The van der Waals surface area contributed by atoms with Crippen LogP contribution in [0.5, 0.6) is 11.5 Å². The largest absolute Gasteiger partial charge is 0.493 e. The predicted molar refractivity (Wildman–Crippen MR) is 91.4 cm³/mol. The number of alkyl halides is 1. The summed E-state index contributed by atoms with van der Waals surface area (Å²) in [6.45, 7) is 0. The van der Waals surface area contributed by atoms with Gasteiger partial charge < -0.3 is 14.0 Å². The smallest absolute Gasteiger partial charge is 0.194 e. The number of halogens is 1. The van der Waals surface area contributed by atoms with Crippen LogP contribution in [0.25, 0.3) is 16.6 Å². The van der Waals surface area contributed by atoms with Gasteiger partial charge in [-0.1, -0.05) is 18.2 Å². The lowest BCUT2D eigenvalue weighted by Gasteiger charge is -2.11. The summed E-state index contributed by atoms with van der Waals surface area (Å²) in [6, 6.07) is 15.2. The van der Waals surface area contributed by atoms with E-state index in [1.165, 1.54) is 0 Å². The van der Waals surface area contributed by atoms with Gasteiger partial charge in [-0.05, 0) is 24.3 Å². The molecule has 0 radical (unpaired) electrons. The number of ketones is 1. The van der Waals surface area contributed by atoms with Crippen molar-refractivity contribution < 1.29 is 14.3 Å². The van der Waals surface area contributed by atoms with Crippen LogP contribution in [0.4, 0.5) is 0 Å². The molecular formula is C18H16ClNO3. The van der Waals surface area contributed by atoms with Gasteiger partial charge in [-0.15, -0.1) is 11.6 Å². The van der Waals surface area contributed by atoms with Crippen molar-refractivity contribution in [3.8, 4) is 17.2 Å². The van der Waals surface area contributed by atoms with Crippen molar-refractivity contribution >= 4 is 28.3 Å². The van der Waals surface area contributed by atoms with Crippen molar-refractivity contribution in [1.82, 2.24) is 4.57 Å². The van der Waals surface area contributed by atoms with Crippen molar-refractivity contribution in [2.45, 2.75) is 0 Å². The Balaban J connectivity index is 2.35. The number of Topliss-reactive ketones (excluding diaryl/α,β-unsaturated/α-hetero) is 1. The maximum absolute atomic E-state index is 12.3. The zero-order valence-corrected chi connectivity index (χ0v) is 13.6. The van der Waals surface area contributed by atoms with Gasteiger partial charge in [-0.3, -0.25) is 4.79 Å². The van der Waals surface area contributed by atoms with Gasteiger partial charge in [-0.2, -0.15) is 0 Å². The monoisotopic (exact) mass is 329 g/mol. The van der Waals surface area contributed by atoms with E-state index in [-0.39, 0.29) is 11.7 Å². The first-order chi connectivity index (χ1) is 11.2. The van der Waals surface area contributed by atoms with Gasteiger partial charge in [0.2, 0.25) is 0 Å². The van der Waals surface area contributed by atoms with Gasteiger partial charge in [-0.25, -0.2) is 0 Å². The Bertz CT molecular complexity index is 856. The fourth-order valence-corrected chi connectivity index (χ4v) is 2.80. The number of benzene rings is 2. The summed E-state index contributed by atoms with van der Waals surface area (Å²) in [7, 11) is 3.17. The van der Waals surface area contributed by atoms with E-state index in [1.807, 2.05) is 53.1 Å². The van der Waals surface area contributed by atoms with E-state index in [9.17, 15) is 4.79 Å². The quantitative estimate of drug-likeness (QED) is 0.523. The number of para-hydroxylation sites is 1. The first kappa shape index (κ1) is 15.4. The lowest BCUT2D eigenvalue weighted by atomic mass is 10.2. The number of ether oxygens (including phenoxy) is 2. The van der Waals surface area contributed by atoms with Gasteiger partial charge in [0.1, 0.15) is 0 Å². The third-order valence-electron chi connectivity index (χ3n) is 3.73. The number of carbonyl (C=O) groups excluding carboxylic acids is 1. The lowest BCUT2D eigenvalue weighted by Crippen LogP contribution is -2.08. The summed E-state index contributed by atoms with van der Waals surface area (Å²) in [6.07, 6.45) is 0. The van der Waals surface area contributed by atoms with Crippen molar-refractivity contribution in [3.63, 3.8) is 0 Å². The molecule has 3 rings (SSSR count). The molecule has 0 spiro atoms. The van der Waals surface area contributed by atoms with Crippen LogP contribution in [0.2, 0.25) is 0 Å². The number of rotatable bonds is 5. The van der Waals surface area contributed by atoms with E-state index in [0.717, 1.165) is 16.6 Å². The maximum Gasteiger partial charge on any atom is 0.194 e. The topological polar surface area (TPSA) is 40.5 Å². The number of carbonyl (C=O) groups is 1. The number of methoxy groups -OCH3 is 2. The van der Waals surface area contributed by atoms with E-state index >= 15 is 0 Å². The van der Waals surface area contributed by atoms with Crippen LogP contribution >= 0.6 is 11.6 Å². The fraction of sp³-hybridized carbons (Fsp3) is 0.167. The SMILES string of the molecule is COc1cc2cc(C(=O)CCl)n(-c3ccccc3)c2cc1OC. The third kappa shape index (κ3) is 2.66. The predicted octanol–water partition coefficient (Wildman–Crippen LogP) is 4.07. The Labute approximate surface area is 139 Å². The second kappa shape index (κ2) is 6.34. The standard InChI is InChI=1S/C18H16ClNO3/c1-22-17-9-12-8-15(16(21)11-19)20(13-6-4-3-5-7-13)14(12)10-18(17)23-2/h3-10H,11H2,1-2H3. The van der Waals surface area contributed by atoms with Gasteiger partial charge in [0, 0.05) is 17.1 Å². The normalized spacial score (nSPS) is 10.7. The van der Waals surface area contributed by atoms with Crippen LogP contribution < -0.4 is 9.47 Å². The fourth-order valence-electron chi connectivity index (χ4n) is 2.66. The Morgan fingerprint density at radius 2 is 1.70 bits per heavy atom. The Kier molecular flexibility index (Phi) is 4.26. The zero-order chi connectivity index (χ0) is 16.4. The molecule has 2 aromatic carbocycles. The van der Waals surface area contributed by atoms with Crippen molar-refractivity contribution in [3.05, 3.63) is 54.2 Å². The first-order valence-corrected chi connectivity index (χ1v) is 7.65. The van der Waals surface area contributed by atoms with Crippen molar-refractivity contribution in [1.29, 1.82) is 0 Å². The van der Waals surface area contributed by atoms with Crippen molar-refractivity contribution in [2.24, 2.45) is 0 Å². The zero-order valence-electron chi connectivity index (χ0n) is 12.9. The Morgan fingerprint density at radius 1 is 1.04 bits per heavy atom. The molecule has 1 aromatic heterocycles. The van der Waals surface area contributed by atoms with Crippen LogP contribution in [0, 0.1) is 0 Å². The molecule has 0 atom stereocenters. The Hall–Kier alpha value is -2.46. The van der Waals surface area contributed by atoms with E-state index in [1.54, 1.807) is 14.2 Å². The number of hydrogen-bond donors (Lipinski definition) is 0. The molecule has 0 saturated carbocycles. The second-order valence-corrected chi connectivity index (χ2v) is 5.29. The minimum atomic E-state index is -0.135. The molecule has 0 unspecified atom stereocenters. The van der Waals surface area contributed by atoms with Crippen LogP contribution in [-0.2, 0) is 0 Å². The minimum Gasteiger partial charge on any atom is -0.493 e. The second-order valence-electron chi connectivity index (χ2n) is 5.02. The summed E-state index contributed by atoms with van der Waals surface area (Å²) >= 11 is 5.78. The summed E-state index contributed by atoms with van der Waals surface area (Å²) in [5, 5.41) is 0.889. The molecule has 0 bridgehead atoms. The average Bonchev–Trinajstić information content (AvgIpc) is 2.98. The van der Waals surface area contributed by atoms with E-state index in [4.69, 9.17) is 21.1 Å². The van der Waals surface area contributed by atoms with Gasteiger partial charge in [0.05, 0.1) is 31.3 Å². The molecule has 0 aliphatic heterocycles. The Morgan fingerprint density at radius 3 is 2.30 bits per heavy atom. The summed E-state index contributed by atoms with van der Waals surface area (Å²) in [5.41, 5.74) is 2.29. The number of hydrogen-bond acceptors (Lipinski definition) is 3. The van der Waals surface area contributed by atoms with Gasteiger partial charge in [0.25, 0.3) is 0 Å². The average molecular weight is 330 g/mol. The van der Waals surface area contributed by atoms with Gasteiger partial charge >= 0.3 is 0 Å².